The lowest BCUT2D eigenvalue weighted by Crippen LogP contribution is -2.14. The molecule has 4 N–H and O–H groups in total. The van der Waals surface area contributed by atoms with Crippen molar-refractivity contribution in [2.45, 2.75) is 0 Å². The van der Waals surface area contributed by atoms with Crippen LogP contribution in [0.3, 0.4) is 0 Å². The molecule has 0 aliphatic carbocycles. The summed E-state index contributed by atoms with van der Waals surface area (Å²) >= 11 is 0. The van der Waals surface area contributed by atoms with Crippen molar-refractivity contribution in [1.82, 2.24) is 9.97 Å². The van der Waals surface area contributed by atoms with Crippen molar-refractivity contribution in [3.63, 3.8) is 0 Å². The Labute approximate surface area is 104 Å². The predicted octanol–water partition coefficient (Wildman–Crippen LogP) is 1.28. The number of para-hydroxylation sites is 1. The minimum absolute atomic E-state index is 0.103. The highest BCUT2D eigenvalue weighted by molar-refractivity contribution is 5.68. The van der Waals surface area contributed by atoms with Crippen LogP contribution in [0.1, 0.15) is 5.56 Å². The molecule has 0 saturated heterocycles. The van der Waals surface area contributed by atoms with Crippen LogP contribution in [-0.4, -0.2) is 17.0 Å². The molecule has 0 bridgehead atoms. The summed E-state index contributed by atoms with van der Waals surface area (Å²) in [6.45, 7) is 0. The van der Waals surface area contributed by atoms with Gasteiger partial charge in [0, 0.05) is 13.1 Å². The molecule has 0 aliphatic heterocycles. The standard InChI is InChI=1S/C12H12N6/c1-18(9-5-3-2-4-8(9)7-13)11-6-10(14)16-12(15)17-11/h2-6H,1H3,(H4,14,15,16,17). The normalized spacial score (nSPS) is 9.78. The second-order valence-electron chi connectivity index (χ2n) is 3.70. The average molecular weight is 240 g/mol. The van der Waals surface area contributed by atoms with Gasteiger partial charge in [0.15, 0.2) is 0 Å². The quantitative estimate of drug-likeness (QED) is 0.819. The van der Waals surface area contributed by atoms with E-state index < -0.39 is 0 Å². The van der Waals surface area contributed by atoms with E-state index in [4.69, 9.17) is 16.7 Å². The number of hydrogen-bond donors (Lipinski definition) is 2. The molecule has 6 nitrogen and oxygen atoms in total. The van der Waals surface area contributed by atoms with Gasteiger partial charge in [0.2, 0.25) is 5.95 Å². The Kier molecular flexibility index (Phi) is 2.98. The molecule has 1 aromatic heterocycles. The first-order chi connectivity index (χ1) is 8.61. The van der Waals surface area contributed by atoms with Crippen LogP contribution in [0.2, 0.25) is 0 Å². The number of anilines is 4. The summed E-state index contributed by atoms with van der Waals surface area (Å²) in [7, 11) is 1.79. The van der Waals surface area contributed by atoms with Gasteiger partial charge in [0.05, 0.1) is 11.3 Å². The van der Waals surface area contributed by atoms with Crippen LogP contribution in [-0.2, 0) is 0 Å². The molecule has 6 heteroatoms. The molecule has 0 saturated carbocycles. The third kappa shape index (κ3) is 2.15. The highest BCUT2D eigenvalue weighted by Crippen LogP contribution is 2.26. The van der Waals surface area contributed by atoms with Gasteiger partial charge in [0.1, 0.15) is 17.7 Å². The Morgan fingerprint density at radius 3 is 2.61 bits per heavy atom. The Balaban J connectivity index is 2.48. The second-order valence-corrected chi connectivity index (χ2v) is 3.70. The van der Waals surface area contributed by atoms with Gasteiger partial charge in [-0.2, -0.15) is 15.2 Å². The zero-order chi connectivity index (χ0) is 13.1. The lowest BCUT2D eigenvalue weighted by Gasteiger charge is -2.19. The lowest BCUT2D eigenvalue weighted by atomic mass is 10.2. The van der Waals surface area contributed by atoms with Crippen LogP contribution >= 0.6 is 0 Å². The fourth-order valence-electron chi connectivity index (χ4n) is 1.63. The minimum atomic E-state index is 0.103. The molecule has 0 unspecified atom stereocenters. The summed E-state index contributed by atoms with van der Waals surface area (Å²) in [4.78, 5) is 9.64. The van der Waals surface area contributed by atoms with Crippen LogP contribution < -0.4 is 16.4 Å². The van der Waals surface area contributed by atoms with Crippen molar-refractivity contribution in [3.05, 3.63) is 35.9 Å². The molecule has 0 aliphatic rings. The Morgan fingerprint density at radius 1 is 1.22 bits per heavy atom. The Bertz CT molecular complexity index is 596. The molecule has 0 atom stereocenters. The fourth-order valence-corrected chi connectivity index (χ4v) is 1.63. The van der Waals surface area contributed by atoms with E-state index in [9.17, 15) is 0 Å². The lowest BCUT2D eigenvalue weighted by molar-refractivity contribution is 1.09. The molecule has 1 heterocycles. The van der Waals surface area contributed by atoms with E-state index in [1.54, 1.807) is 30.1 Å². The summed E-state index contributed by atoms with van der Waals surface area (Å²) in [5.74, 6) is 0.938. The zero-order valence-corrected chi connectivity index (χ0v) is 9.83. The van der Waals surface area contributed by atoms with Crippen molar-refractivity contribution < 1.29 is 0 Å². The third-order valence-electron chi connectivity index (χ3n) is 2.48. The van der Waals surface area contributed by atoms with Crippen LogP contribution in [0.5, 0.6) is 0 Å². The van der Waals surface area contributed by atoms with Gasteiger partial charge in [0.25, 0.3) is 0 Å². The maximum absolute atomic E-state index is 9.06. The van der Waals surface area contributed by atoms with Gasteiger partial charge in [-0.05, 0) is 12.1 Å². The summed E-state index contributed by atoms with van der Waals surface area (Å²) in [5, 5.41) is 9.06. The first-order valence-electron chi connectivity index (χ1n) is 5.24. The molecule has 90 valence electrons. The molecular formula is C12H12N6. The van der Waals surface area contributed by atoms with Crippen molar-refractivity contribution in [2.75, 3.05) is 23.4 Å². The first-order valence-corrected chi connectivity index (χ1v) is 5.24. The van der Waals surface area contributed by atoms with Gasteiger partial charge in [-0.1, -0.05) is 12.1 Å². The topological polar surface area (TPSA) is 105 Å². The van der Waals surface area contributed by atoms with Crippen molar-refractivity contribution in [3.8, 4) is 6.07 Å². The van der Waals surface area contributed by atoms with Crippen LogP contribution in [0.4, 0.5) is 23.3 Å². The Hall–Kier alpha value is -2.81. The number of nitriles is 1. The summed E-state index contributed by atoms with van der Waals surface area (Å²) in [6, 6.07) is 10.9. The smallest absolute Gasteiger partial charge is 0.223 e. The number of nitrogens with zero attached hydrogens (tertiary/aromatic N) is 4. The SMILES string of the molecule is CN(c1cc(N)nc(N)n1)c1ccccc1C#N. The molecular weight excluding hydrogens is 228 g/mol. The zero-order valence-electron chi connectivity index (χ0n) is 9.83. The van der Waals surface area contributed by atoms with Gasteiger partial charge in [-0.3, -0.25) is 0 Å². The maximum atomic E-state index is 9.06. The third-order valence-corrected chi connectivity index (χ3v) is 2.48. The minimum Gasteiger partial charge on any atom is -0.383 e. The monoisotopic (exact) mass is 240 g/mol. The number of aromatic nitrogens is 2. The molecule has 2 rings (SSSR count). The first kappa shape index (κ1) is 11.7. The van der Waals surface area contributed by atoms with E-state index in [2.05, 4.69) is 16.0 Å². The predicted molar refractivity (Wildman–Crippen MR) is 70.1 cm³/mol. The number of nitrogens with two attached hydrogens (primary N) is 2. The number of hydrogen-bond acceptors (Lipinski definition) is 6. The van der Waals surface area contributed by atoms with Gasteiger partial charge in [-0.15, -0.1) is 0 Å². The van der Waals surface area contributed by atoms with Crippen LogP contribution in [0, 0.1) is 11.3 Å². The highest BCUT2D eigenvalue weighted by atomic mass is 15.2. The van der Waals surface area contributed by atoms with E-state index >= 15 is 0 Å². The summed E-state index contributed by atoms with van der Waals surface area (Å²) in [6.07, 6.45) is 0. The van der Waals surface area contributed by atoms with Crippen LogP contribution in [0.15, 0.2) is 30.3 Å². The van der Waals surface area contributed by atoms with Gasteiger partial charge >= 0.3 is 0 Å². The molecule has 0 radical (unpaired) electrons. The number of rotatable bonds is 2. The van der Waals surface area contributed by atoms with Crippen molar-refractivity contribution in [2.24, 2.45) is 0 Å². The number of nitrogen functional groups attached to an aromatic ring is 2. The van der Waals surface area contributed by atoms with E-state index in [1.165, 1.54) is 0 Å². The summed E-state index contributed by atoms with van der Waals surface area (Å²) < 4.78 is 0. The van der Waals surface area contributed by atoms with E-state index in [0.29, 0.717) is 17.2 Å². The molecule has 0 fully saturated rings. The number of benzene rings is 1. The summed E-state index contributed by atoms with van der Waals surface area (Å²) in [5.41, 5.74) is 12.5. The van der Waals surface area contributed by atoms with Crippen LogP contribution in [0.25, 0.3) is 0 Å². The molecule has 0 spiro atoms. The fraction of sp³-hybridized carbons (Fsp3) is 0.0833. The van der Waals surface area contributed by atoms with E-state index in [0.717, 1.165) is 5.69 Å². The van der Waals surface area contributed by atoms with Crippen molar-refractivity contribution in [1.29, 1.82) is 5.26 Å². The molecule has 0 amide bonds. The molecule has 2 aromatic rings. The molecule has 1 aromatic carbocycles. The highest BCUT2D eigenvalue weighted by Gasteiger charge is 2.11. The molecule has 18 heavy (non-hydrogen) atoms. The van der Waals surface area contributed by atoms with Crippen molar-refractivity contribution >= 4 is 23.3 Å². The van der Waals surface area contributed by atoms with E-state index in [-0.39, 0.29) is 5.95 Å². The van der Waals surface area contributed by atoms with Gasteiger partial charge < -0.3 is 16.4 Å². The Morgan fingerprint density at radius 2 is 1.94 bits per heavy atom. The largest absolute Gasteiger partial charge is 0.383 e. The second kappa shape index (κ2) is 4.59. The average Bonchev–Trinajstić information content (AvgIpc) is 2.36. The van der Waals surface area contributed by atoms with E-state index in [1.807, 2.05) is 12.1 Å². The maximum Gasteiger partial charge on any atom is 0.223 e. The van der Waals surface area contributed by atoms with Gasteiger partial charge in [-0.25, -0.2) is 0 Å².